The van der Waals surface area contributed by atoms with Crippen LogP contribution in [0.3, 0.4) is 0 Å². The molecule has 4 rings (SSSR count). The molecule has 2 aliphatic heterocycles. The van der Waals surface area contributed by atoms with Gasteiger partial charge < -0.3 is 92.5 Å². The van der Waals surface area contributed by atoms with E-state index in [4.69, 9.17) is 40.1 Å². The highest BCUT2D eigenvalue weighted by Crippen LogP contribution is 2.24. The maximum Gasteiger partial charge on any atom is 0.245 e. The summed E-state index contributed by atoms with van der Waals surface area (Å²) < 4.78 is 0. The molecule has 32 heteroatoms. The van der Waals surface area contributed by atoms with Crippen LogP contribution >= 0.6 is 11.8 Å². The summed E-state index contributed by atoms with van der Waals surface area (Å²) in [6.07, 6.45) is 3.12. The Morgan fingerprint density at radius 1 is 0.537 bits per heavy atom. The first kappa shape index (κ1) is 78.5. The second-order valence-electron chi connectivity index (χ2n) is 24.1. The molecule has 0 spiro atoms. The van der Waals surface area contributed by atoms with Gasteiger partial charge in [0.2, 0.25) is 76.8 Å². The fourth-order valence-corrected chi connectivity index (χ4v) is 11.5. The van der Waals surface area contributed by atoms with Crippen molar-refractivity contribution in [1.29, 1.82) is 0 Å². The molecule has 22 N–H and O–H groups in total. The molecule has 2 aliphatic rings. The van der Waals surface area contributed by atoms with E-state index in [1.54, 1.807) is 60.7 Å². The molecule has 0 aliphatic carbocycles. The average molecular weight is 1350 g/mol. The Bertz CT molecular complexity index is 2960. The summed E-state index contributed by atoms with van der Waals surface area (Å²) >= 11 is 1.45. The largest absolute Gasteiger partial charge is 0.370 e. The Balaban J connectivity index is 1.56. The molecule has 10 atom stereocenters. The predicted octanol–water partition coefficient (Wildman–Crippen LogP) is -3.71. The van der Waals surface area contributed by atoms with E-state index in [9.17, 15) is 62.3 Å². The molecule has 2 heterocycles. The van der Waals surface area contributed by atoms with Crippen LogP contribution in [0.1, 0.15) is 121 Å². The lowest BCUT2D eigenvalue weighted by molar-refractivity contribution is -0.144. The van der Waals surface area contributed by atoms with Gasteiger partial charge in [-0.1, -0.05) is 74.5 Å². The van der Waals surface area contributed by atoms with Crippen LogP contribution in [-0.2, 0) is 75.2 Å². The minimum Gasteiger partial charge on any atom is -0.370 e. The van der Waals surface area contributed by atoms with Crippen molar-refractivity contribution in [2.45, 2.75) is 183 Å². The topological polar surface area (TPSA) is 519 Å². The molecule has 95 heavy (non-hydrogen) atoms. The molecule has 0 saturated carbocycles. The van der Waals surface area contributed by atoms with E-state index in [0.717, 1.165) is 0 Å². The first-order valence-corrected chi connectivity index (χ1v) is 33.6. The van der Waals surface area contributed by atoms with Gasteiger partial charge in [0, 0.05) is 45.3 Å². The monoisotopic (exact) mass is 1350 g/mol. The van der Waals surface area contributed by atoms with Crippen molar-refractivity contribution in [1.82, 2.24) is 52.3 Å². The Hall–Kier alpha value is -8.91. The second kappa shape index (κ2) is 41.0. The third-order valence-corrected chi connectivity index (χ3v) is 16.7. The number of nitrogens with two attached hydrogens (primary N) is 7. The van der Waals surface area contributed by atoms with Crippen LogP contribution in [0.5, 0.6) is 0 Å². The quantitative estimate of drug-likeness (QED) is 0.0173. The van der Waals surface area contributed by atoms with Gasteiger partial charge in [0.1, 0.15) is 54.4 Å². The zero-order valence-electron chi connectivity index (χ0n) is 54.5. The molecule has 13 amide bonds. The number of carbonyl (C=O) groups excluding carboxylic acids is 13. The second-order valence-corrected chi connectivity index (χ2v) is 25.1. The maximum atomic E-state index is 14.7. The van der Waals surface area contributed by atoms with Gasteiger partial charge in [-0.3, -0.25) is 67.3 Å². The average Bonchev–Trinajstić information content (AvgIpc) is 1.74. The van der Waals surface area contributed by atoms with E-state index < -0.39 is 169 Å². The number of rotatable bonds is 42. The molecule has 0 bridgehead atoms. The number of nitrogens with one attached hydrogen (secondary N) is 8. The SMILES string of the molecule is CSCC[C@H](NC(=O)[C@@H](CC(C)C)NC(=O)CNC(=O)[C@H](Cc1ccccc1)NC(=O)[C@@H](Cc1ccccc1)NC(=O)[C@H](CCC(N)=O)NC(=O)[C@H](CCC(N)=O)NC(=O)[C@H]1CCCN1C(=O)[C@H](CCCCN)NC(=O)[C@H]1CCCN1C(=O)[C@@H](N)CCCN=C(N)N)C(N)=O. The number of primary amides is 3. The number of carbonyl (C=O) groups is 13. The zero-order valence-corrected chi connectivity index (χ0v) is 55.3. The number of hydrogen-bond acceptors (Lipinski definition) is 17. The van der Waals surface area contributed by atoms with Crippen LogP contribution < -0.4 is 82.7 Å². The molecular formula is C63H98N18O13S. The molecular weight excluding hydrogens is 1250 g/mol. The third kappa shape index (κ3) is 27.5. The lowest BCUT2D eigenvalue weighted by Crippen LogP contribution is -2.60. The summed E-state index contributed by atoms with van der Waals surface area (Å²) in [5.41, 5.74) is 40.6. The molecule has 2 aromatic rings. The number of amides is 13. The number of guanidine groups is 1. The fraction of sp³-hybridized carbons (Fsp3) is 0.587. The van der Waals surface area contributed by atoms with Crippen molar-refractivity contribution in [2.24, 2.45) is 51.0 Å². The van der Waals surface area contributed by atoms with Crippen molar-refractivity contribution in [3.63, 3.8) is 0 Å². The summed E-state index contributed by atoms with van der Waals surface area (Å²) in [6.45, 7) is 3.86. The Kier molecular flexibility index (Phi) is 33.9. The standard InChI is InChI=1S/C63H98N18O13S/c1-37(2)33-45(57(89)74-41(53(68)85)27-32-95-3)73-52(84)36-72-54(86)46(34-38-15-6-4-7-16-38)78-58(90)47(35-39-17-8-5-9-18-39)79-56(88)42(23-25-50(66)82)75-55(87)43(24-26-51(67)83)76-59(91)49-22-14-31-81(49)62(94)44(20-10-11-28-64)77-60(92)48-21-13-30-80(48)61(93)40(65)19-12-29-71-63(69)70/h4-9,15-18,37,40-49H,10-14,19-36,64-65H2,1-3H3,(H2,66,82)(H2,67,83)(H2,68,85)(H,72,86)(H,73,84)(H,74,89)(H,75,87)(H,76,91)(H,77,92)(H,78,90)(H,79,88)(H4,69,70,71)/t40-,41-,42-,43-,44-,45+,46-,47+,48+,49+/m0/s1. The van der Waals surface area contributed by atoms with Crippen LogP contribution in [0, 0.1) is 5.92 Å². The first-order chi connectivity index (χ1) is 45.2. The lowest BCUT2D eigenvalue weighted by atomic mass is 10.0. The predicted molar refractivity (Wildman–Crippen MR) is 356 cm³/mol. The normalized spacial score (nSPS) is 16.8. The van der Waals surface area contributed by atoms with E-state index in [1.807, 2.05) is 20.1 Å². The van der Waals surface area contributed by atoms with Crippen molar-refractivity contribution in [2.75, 3.05) is 44.7 Å². The number of nitrogens with zero attached hydrogens (tertiary/aromatic N) is 3. The van der Waals surface area contributed by atoms with Crippen molar-refractivity contribution >= 4 is 94.5 Å². The zero-order chi connectivity index (χ0) is 70.1. The smallest absolute Gasteiger partial charge is 0.245 e. The molecule has 2 aromatic carbocycles. The Morgan fingerprint density at radius 2 is 1.01 bits per heavy atom. The van der Waals surface area contributed by atoms with E-state index in [1.165, 1.54) is 21.6 Å². The minimum atomic E-state index is -1.64. The van der Waals surface area contributed by atoms with Crippen LogP contribution in [-0.4, -0.2) is 198 Å². The van der Waals surface area contributed by atoms with E-state index in [0.29, 0.717) is 55.4 Å². The minimum absolute atomic E-state index is 0.0736. The van der Waals surface area contributed by atoms with Crippen LogP contribution in [0.25, 0.3) is 0 Å². The van der Waals surface area contributed by atoms with Crippen LogP contribution in [0.2, 0.25) is 0 Å². The van der Waals surface area contributed by atoms with E-state index in [2.05, 4.69) is 47.5 Å². The van der Waals surface area contributed by atoms with Gasteiger partial charge in [-0.15, -0.1) is 0 Å². The molecule has 0 unspecified atom stereocenters. The lowest BCUT2D eigenvalue weighted by Gasteiger charge is -2.32. The Labute approximate surface area is 558 Å². The van der Waals surface area contributed by atoms with Gasteiger partial charge in [-0.05, 0) is 119 Å². The van der Waals surface area contributed by atoms with Gasteiger partial charge >= 0.3 is 0 Å². The highest BCUT2D eigenvalue weighted by atomic mass is 32.2. The number of likely N-dealkylation sites (tertiary alicyclic amines) is 2. The number of hydrogen-bond donors (Lipinski definition) is 15. The maximum absolute atomic E-state index is 14.7. The van der Waals surface area contributed by atoms with Crippen LogP contribution in [0.15, 0.2) is 65.7 Å². The molecule has 0 radical (unpaired) electrons. The van der Waals surface area contributed by atoms with Gasteiger partial charge in [-0.2, -0.15) is 11.8 Å². The molecule has 2 fully saturated rings. The Morgan fingerprint density at radius 3 is 1.51 bits per heavy atom. The summed E-state index contributed by atoms with van der Waals surface area (Å²) in [4.78, 5) is 185. The molecule has 0 aromatic heterocycles. The van der Waals surface area contributed by atoms with Crippen molar-refractivity contribution in [3.05, 3.63) is 71.8 Å². The van der Waals surface area contributed by atoms with E-state index >= 15 is 0 Å². The molecule has 524 valence electrons. The van der Waals surface area contributed by atoms with Crippen LogP contribution in [0.4, 0.5) is 0 Å². The number of unbranched alkanes of at least 4 members (excludes halogenated alkanes) is 1. The van der Waals surface area contributed by atoms with Gasteiger partial charge in [0.25, 0.3) is 0 Å². The summed E-state index contributed by atoms with van der Waals surface area (Å²) in [5.74, 6) is -9.80. The summed E-state index contributed by atoms with van der Waals surface area (Å²) in [5, 5.41) is 21.1. The van der Waals surface area contributed by atoms with Gasteiger partial charge in [-0.25, -0.2) is 0 Å². The van der Waals surface area contributed by atoms with E-state index in [-0.39, 0.29) is 83.0 Å². The highest BCUT2D eigenvalue weighted by molar-refractivity contribution is 7.98. The number of thioether (sulfide) groups is 1. The first-order valence-electron chi connectivity index (χ1n) is 32.2. The van der Waals surface area contributed by atoms with Crippen molar-refractivity contribution in [3.8, 4) is 0 Å². The fourth-order valence-electron chi connectivity index (χ4n) is 11.0. The molecule has 31 nitrogen and oxygen atoms in total. The molecule has 2 saturated heterocycles. The van der Waals surface area contributed by atoms with Gasteiger partial charge in [0.15, 0.2) is 5.96 Å². The summed E-state index contributed by atoms with van der Waals surface area (Å²) in [6, 6.07) is 4.51. The van der Waals surface area contributed by atoms with Gasteiger partial charge in [0.05, 0.1) is 12.6 Å². The van der Waals surface area contributed by atoms with Crippen molar-refractivity contribution < 1.29 is 62.3 Å². The highest BCUT2D eigenvalue weighted by Gasteiger charge is 2.42. The number of benzene rings is 2. The number of aliphatic imine (C=N–C) groups is 1. The third-order valence-electron chi connectivity index (χ3n) is 16.0. The summed E-state index contributed by atoms with van der Waals surface area (Å²) in [7, 11) is 0.